The molecule has 0 saturated heterocycles. The number of halogens is 3. The third-order valence-electron chi connectivity index (χ3n) is 2.34. The topological polar surface area (TPSA) is 55.4 Å². The van der Waals surface area contributed by atoms with Gasteiger partial charge < -0.3 is 10.1 Å². The van der Waals surface area contributed by atoms with Crippen LogP contribution in [0.15, 0.2) is 38.2 Å². The van der Waals surface area contributed by atoms with Crippen LogP contribution in [0.25, 0.3) is 0 Å². The molecule has 1 N–H and O–H groups in total. The highest BCUT2D eigenvalue weighted by Gasteiger charge is 2.22. The van der Waals surface area contributed by atoms with Crippen LogP contribution < -0.4 is 5.32 Å². The molecule has 0 heterocycles. The minimum absolute atomic E-state index is 0.258. The van der Waals surface area contributed by atoms with Gasteiger partial charge in [-0.2, -0.15) is 0 Å². The van der Waals surface area contributed by atoms with E-state index >= 15 is 0 Å². The van der Waals surface area contributed by atoms with Crippen molar-refractivity contribution in [3.8, 4) is 0 Å². The first-order valence-corrected chi connectivity index (χ1v) is 7.89. The summed E-state index contributed by atoms with van der Waals surface area (Å²) >= 11 is 9.79. The highest BCUT2D eigenvalue weighted by molar-refractivity contribution is 9.11. The van der Waals surface area contributed by atoms with Crippen molar-refractivity contribution in [2.45, 2.75) is 12.5 Å². The van der Waals surface area contributed by atoms with Crippen LogP contribution in [0.1, 0.15) is 16.8 Å². The van der Waals surface area contributed by atoms with Crippen molar-refractivity contribution in [1.29, 1.82) is 0 Å². The maximum atomic E-state index is 12.2. The number of hydrogen-bond donors (Lipinski definition) is 1. The Bertz CT molecular complexity index is 525. The summed E-state index contributed by atoms with van der Waals surface area (Å²) in [5, 5.41) is 2.62. The number of carbonyl (C=O) groups is 2. The molecule has 1 rings (SSSR count). The Hall–Kier alpha value is -0.660. The number of benzene rings is 1. The molecule has 0 saturated carbocycles. The van der Waals surface area contributed by atoms with Gasteiger partial charge in [0.1, 0.15) is 6.04 Å². The van der Waals surface area contributed by atoms with E-state index in [0.29, 0.717) is 10.0 Å². The average Bonchev–Trinajstić information content (AvgIpc) is 2.35. The maximum Gasteiger partial charge on any atom is 0.328 e. The number of hydrogen-bond acceptors (Lipinski definition) is 3. The standard InChI is InChI=1S/C13H12Br3NO3/c1-7(14)3-11(13(19)20-2)17-12(18)8-4-9(15)6-10(16)5-8/h4-6,11H,1,3H2,2H3,(H,17,18)/t11-/m0/s1. The number of rotatable bonds is 5. The molecule has 1 aromatic carbocycles. The van der Waals surface area contributed by atoms with E-state index in [0.717, 1.165) is 8.95 Å². The molecular formula is C13H12Br3NO3. The van der Waals surface area contributed by atoms with Gasteiger partial charge >= 0.3 is 5.97 Å². The molecule has 7 heteroatoms. The lowest BCUT2D eigenvalue weighted by Gasteiger charge is -2.16. The highest BCUT2D eigenvalue weighted by Crippen LogP contribution is 2.20. The lowest BCUT2D eigenvalue weighted by Crippen LogP contribution is -2.41. The van der Waals surface area contributed by atoms with Crippen LogP contribution in [-0.4, -0.2) is 25.0 Å². The van der Waals surface area contributed by atoms with Gasteiger partial charge in [-0.1, -0.05) is 54.4 Å². The van der Waals surface area contributed by atoms with Gasteiger partial charge in [0.15, 0.2) is 0 Å². The second-order valence-corrected chi connectivity index (χ2v) is 6.88. The predicted octanol–water partition coefficient (Wildman–Crippen LogP) is 3.78. The molecule has 0 fully saturated rings. The van der Waals surface area contributed by atoms with Gasteiger partial charge in [-0.3, -0.25) is 4.79 Å². The molecular weight excluding hydrogens is 458 g/mol. The highest BCUT2D eigenvalue weighted by atomic mass is 79.9. The van der Waals surface area contributed by atoms with Crippen molar-refractivity contribution in [2.75, 3.05) is 7.11 Å². The first-order chi connectivity index (χ1) is 9.33. The fraction of sp³-hybridized carbons (Fsp3) is 0.231. The van der Waals surface area contributed by atoms with E-state index in [-0.39, 0.29) is 12.3 Å². The Morgan fingerprint density at radius 2 is 1.85 bits per heavy atom. The Morgan fingerprint density at radius 1 is 1.30 bits per heavy atom. The quantitative estimate of drug-likeness (QED) is 0.668. The predicted molar refractivity (Wildman–Crippen MR) is 87.8 cm³/mol. The minimum Gasteiger partial charge on any atom is -0.467 e. The number of esters is 1. The van der Waals surface area contributed by atoms with E-state index in [9.17, 15) is 9.59 Å². The molecule has 1 amide bonds. The van der Waals surface area contributed by atoms with E-state index in [4.69, 9.17) is 0 Å². The Labute approximate surface area is 142 Å². The van der Waals surface area contributed by atoms with E-state index < -0.39 is 12.0 Å². The molecule has 20 heavy (non-hydrogen) atoms. The smallest absolute Gasteiger partial charge is 0.328 e. The molecule has 108 valence electrons. The van der Waals surface area contributed by atoms with Gasteiger partial charge in [0, 0.05) is 20.9 Å². The number of carbonyl (C=O) groups excluding carboxylic acids is 2. The number of nitrogens with one attached hydrogen (secondary N) is 1. The van der Waals surface area contributed by atoms with Crippen LogP contribution in [0, 0.1) is 0 Å². The minimum atomic E-state index is -0.780. The Kier molecular flexibility index (Phi) is 6.91. The van der Waals surface area contributed by atoms with Crippen LogP contribution in [0.3, 0.4) is 0 Å². The fourth-order valence-electron chi connectivity index (χ4n) is 1.48. The zero-order valence-corrected chi connectivity index (χ0v) is 15.3. The SMILES string of the molecule is C=C(Br)C[C@H](NC(=O)c1cc(Br)cc(Br)c1)C(=O)OC. The fourth-order valence-corrected chi connectivity index (χ4v) is 3.10. The molecule has 1 atom stereocenters. The van der Waals surface area contributed by atoms with Gasteiger partial charge in [-0.15, -0.1) is 0 Å². The molecule has 0 bridgehead atoms. The van der Waals surface area contributed by atoms with Gasteiger partial charge in [-0.25, -0.2) is 4.79 Å². The molecule has 1 aromatic rings. The summed E-state index contributed by atoms with van der Waals surface area (Å²) in [6, 6.07) is 4.36. The molecule has 0 radical (unpaired) electrons. The summed E-state index contributed by atoms with van der Waals surface area (Å²) in [5.41, 5.74) is 0.431. The van der Waals surface area contributed by atoms with E-state index in [1.807, 2.05) is 6.07 Å². The molecule has 0 aliphatic carbocycles. The number of methoxy groups -OCH3 is 1. The largest absolute Gasteiger partial charge is 0.467 e. The molecule has 4 nitrogen and oxygen atoms in total. The van der Waals surface area contributed by atoms with E-state index in [2.05, 4.69) is 64.4 Å². The van der Waals surface area contributed by atoms with Crippen LogP contribution in [0.2, 0.25) is 0 Å². The van der Waals surface area contributed by atoms with Gasteiger partial charge in [0.2, 0.25) is 0 Å². The first-order valence-electron chi connectivity index (χ1n) is 5.51. The average molecular weight is 470 g/mol. The summed E-state index contributed by atoms with van der Waals surface area (Å²) in [5.74, 6) is -0.885. The van der Waals surface area contributed by atoms with Crippen molar-refractivity contribution in [1.82, 2.24) is 5.32 Å². The van der Waals surface area contributed by atoms with Crippen LogP contribution in [-0.2, 0) is 9.53 Å². The van der Waals surface area contributed by atoms with Gasteiger partial charge in [0.05, 0.1) is 7.11 Å². The lowest BCUT2D eigenvalue weighted by atomic mass is 10.1. The monoisotopic (exact) mass is 467 g/mol. The summed E-state index contributed by atoms with van der Waals surface area (Å²) in [6.45, 7) is 3.66. The lowest BCUT2D eigenvalue weighted by molar-refractivity contribution is -0.142. The second-order valence-electron chi connectivity index (χ2n) is 3.93. The number of ether oxygens (including phenoxy) is 1. The summed E-state index contributed by atoms with van der Waals surface area (Å²) in [7, 11) is 1.27. The van der Waals surface area contributed by atoms with E-state index in [1.54, 1.807) is 12.1 Å². The summed E-state index contributed by atoms with van der Waals surface area (Å²) in [6.07, 6.45) is 0.258. The third-order valence-corrected chi connectivity index (χ3v) is 3.58. The molecule has 0 aromatic heterocycles. The van der Waals surface area contributed by atoms with Crippen molar-refractivity contribution >= 4 is 59.7 Å². The molecule has 0 spiro atoms. The first kappa shape index (κ1) is 17.4. The molecule has 0 aliphatic heterocycles. The second kappa shape index (κ2) is 7.95. The van der Waals surface area contributed by atoms with Gasteiger partial charge in [0.25, 0.3) is 5.91 Å². The van der Waals surface area contributed by atoms with E-state index in [1.165, 1.54) is 7.11 Å². The maximum absolute atomic E-state index is 12.2. The summed E-state index contributed by atoms with van der Waals surface area (Å²) < 4.78 is 6.79. The van der Waals surface area contributed by atoms with Crippen LogP contribution in [0.5, 0.6) is 0 Å². The molecule has 0 unspecified atom stereocenters. The Balaban J connectivity index is 2.89. The number of amides is 1. The third kappa shape index (κ3) is 5.38. The Morgan fingerprint density at radius 3 is 2.30 bits per heavy atom. The van der Waals surface area contributed by atoms with Crippen molar-refractivity contribution in [2.24, 2.45) is 0 Å². The van der Waals surface area contributed by atoms with Crippen LogP contribution >= 0.6 is 47.8 Å². The van der Waals surface area contributed by atoms with Gasteiger partial charge in [-0.05, 0) is 22.7 Å². The zero-order valence-electron chi connectivity index (χ0n) is 10.6. The zero-order chi connectivity index (χ0) is 15.3. The van der Waals surface area contributed by atoms with Crippen molar-refractivity contribution < 1.29 is 14.3 Å². The van der Waals surface area contributed by atoms with Crippen molar-refractivity contribution in [3.63, 3.8) is 0 Å². The van der Waals surface area contributed by atoms with Crippen molar-refractivity contribution in [3.05, 3.63) is 43.8 Å². The molecule has 0 aliphatic rings. The van der Waals surface area contributed by atoms with Crippen LogP contribution in [0.4, 0.5) is 0 Å². The summed E-state index contributed by atoms with van der Waals surface area (Å²) in [4.78, 5) is 23.8. The normalized spacial score (nSPS) is 11.6.